The third-order valence-electron chi connectivity index (χ3n) is 3.14. The van der Waals surface area contributed by atoms with Crippen LogP contribution in [0.15, 0.2) is 24.3 Å². The lowest BCUT2D eigenvalue weighted by Crippen LogP contribution is -2.46. The normalized spacial score (nSPS) is 18.8. The van der Waals surface area contributed by atoms with Gasteiger partial charge in [0.1, 0.15) is 6.61 Å². The fraction of sp³-hybridized carbons (Fsp3) is 0.571. The summed E-state index contributed by atoms with van der Waals surface area (Å²) >= 11 is 0. The SMILES string of the molecule is C=CCOC(=O)N1CC=C(C(=O)OC)C[C@H]1C(C)C. The van der Waals surface area contributed by atoms with Crippen LogP contribution in [0.4, 0.5) is 4.79 Å². The van der Waals surface area contributed by atoms with Crippen LogP contribution < -0.4 is 0 Å². The summed E-state index contributed by atoms with van der Waals surface area (Å²) in [7, 11) is 1.36. The molecule has 19 heavy (non-hydrogen) atoms. The molecule has 0 fully saturated rings. The van der Waals surface area contributed by atoms with Gasteiger partial charge in [-0.05, 0) is 5.92 Å². The van der Waals surface area contributed by atoms with Crippen molar-refractivity contribution < 1.29 is 19.1 Å². The Morgan fingerprint density at radius 3 is 2.79 bits per heavy atom. The Balaban J connectivity index is 2.82. The minimum absolute atomic E-state index is 0.0589. The summed E-state index contributed by atoms with van der Waals surface area (Å²) in [6.07, 6.45) is 3.37. The largest absolute Gasteiger partial charge is 0.466 e. The van der Waals surface area contributed by atoms with E-state index in [2.05, 4.69) is 6.58 Å². The molecule has 0 saturated heterocycles. The first kappa shape index (κ1) is 15.3. The van der Waals surface area contributed by atoms with E-state index in [4.69, 9.17) is 9.47 Å². The predicted molar refractivity (Wildman–Crippen MR) is 71.6 cm³/mol. The zero-order chi connectivity index (χ0) is 14.4. The number of nitrogens with zero attached hydrogens (tertiary/aromatic N) is 1. The van der Waals surface area contributed by atoms with Gasteiger partial charge < -0.3 is 14.4 Å². The first-order valence-corrected chi connectivity index (χ1v) is 6.32. The molecule has 0 radical (unpaired) electrons. The van der Waals surface area contributed by atoms with Crippen molar-refractivity contribution >= 4 is 12.1 Å². The highest BCUT2D eigenvalue weighted by molar-refractivity contribution is 5.89. The van der Waals surface area contributed by atoms with Gasteiger partial charge >= 0.3 is 12.1 Å². The monoisotopic (exact) mass is 267 g/mol. The van der Waals surface area contributed by atoms with Crippen molar-refractivity contribution in [1.29, 1.82) is 0 Å². The second kappa shape index (κ2) is 6.97. The molecule has 0 saturated carbocycles. The van der Waals surface area contributed by atoms with Gasteiger partial charge in [-0.3, -0.25) is 0 Å². The van der Waals surface area contributed by atoms with Gasteiger partial charge in [-0.1, -0.05) is 32.6 Å². The summed E-state index contributed by atoms with van der Waals surface area (Å²) in [4.78, 5) is 25.1. The number of carbonyl (C=O) groups excluding carboxylic acids is 2. The van der Waals surface area contributed by atoms with E-state index in [0.29, 0.717) is 18.5 Å². The summed E-state index contributed by atoms with van der Waals surface area (Å²) in [5, 5.41) is 0. The molecule has 1 heterocycles. The second-order valence-electron chi connectivity index (χ2n) is 4.75. The van der Waals surface area contributed by atoms with Crippen LogP contribution in [-0.2, 0) is 14.3 Å². The van der Waals surface area contributed by atoms with E-state index >= 15 is 0 Å². The van der Waals surface area contributed by atoms with Gasteiger partial charge in [0.25, 0.3) is 0 Å². The zero-order valence-corrected chi connectivity index (χ0v) is 11.7. The van der Waals surface area contributed by atoms with Crippen molar-refractivity contribution in [2.45, 2.75) is 26.3 Å². The maximum atomic E-state index is 11.9. The maximum absolute atomic E-state index is 11.9. The van der Waals surface area contributed by atoms with Crippen molar-refractivity contribution in [3.05, 3.63) is 24.3 Å². The molecular formula is C14H21NO4. The Hall–Kier alpha value is -1.78. The molecule has 1 aliphatic heterocycles. The van der Waals surface area contributed by atoms with E-state index in [1.807, 2.05) is 13.8 Å². The average Bonchev–Trinajstić information content (AvgIpc) is 2.43. The first-order valence-electron chi connectivity index (χ1n) is 6.32. The molecule has 0 aromatic carbocycles. The molecule has 0 unspecified atom stereocenters. The smallest absolute Gasteiger partial charge is 0.410 e. The van der Waals surface area contributed by atoms with Gasteiger partial charge in [0.05, 0.1) is 7.11 Å². The molecule has 0 aromatic heterocycles. The fourth-order valence-corrected chi connectivity index (χ4v) is 2.08. The van der Waals surface area contributed by atoms with Gasteiger partial charge in [0, 0.05) is 24.6 Å². The molecule has 5 heteroatoms. The van der Waals surface area contributed by atoms with Crippen LogP contribution >= 0.6 is 0 Å². The molecule has 1 rings (SSSR count). The van der Waals surface area contributed by atoms with Gasteiger partial charge in [0.15, 0.2) is 0 Å². The standard InChI is InChI=1S/C14H21NO4/c1-5-8-19-14(17)15-7-6-11(13(16)18-4)9-12(15)10(2)3/h5-6,10,12H,1,7-9H2,2-4H3/t12-/m0/s1. The molecule has 1 amide bonds. The Morgan fingerprint density at radius 1 is 1.58 bits per heavy atom. The number of hydrogen-bond acceptors (Lipinski definition) is 4. The zero-order valence-electron chi connectivity index (χ0n) is 11.7. The number of methoxy groups -OCH3 is 1. The number of amides is 1. The minimum atomic E-state index is -0.376. The first-order chi connectivity index (χ1) is 9.01. The Morgan fingerprint density at radius 2 is 2.26 bits per heavy atom. The van der Waals surface area contributed by atoms with Crippen LogP contribution in [0, 0.1) is 5.92 Å². The quantitative estimate of drug-likeness (QED) is 0.578. The molecule has 0 spiro atoms. The average molecular weight is 267 g/mol. The van der Waals surface area contributed by atoms with Crippen LogP contribution in [0.3, 0.4) is 0 Å². The van der Waals surface area contributed by atoms with Gasteiger partial charge in [0.2, 0.25) is 0 Å². The van der Waals surface area contributed by atoms with Crippen molar-refractivity contribution in [3.63, 3.8) is 0 Å². The Labute approximate surface area is 113 Å². The number of carbonyl (C=O) groups is 2. The summed E-state index contributed by atoms with van der Waals surface area (Å²) in [6, 6.07) is -0.0589. The second-order valence-corrected chi connectivity index (χ2v) is 4.75. The van der Waals surface area contributed by atoms with Crippen LogP contribution in [0.1, 0.15) is 20.3 Å². The van der Waals surface area contributed by atoms with E-state index in [0.717, 1.165) is 0 Å². The van der Waals surface area contributed by atoms with Crippen LogP contribution in [-0.4, -0.2) is 43.3 Å². The number of esters is 1. The molecule has 1 aliphatic rings. The van der Waals surface area contributed by atoms with Crippen LogP contribution in [0.25, 0.3) is 0 Å². The van der Waals surface area contributed by atoms with Crippen molar-refractivity contribution in [1.82, 2.24) is 4.90 Å². The Kier molecular flexibility index (Phi) is 5.60. The van der Waals surface area contributed by atoms with Crippen molar-refractivity contribution in [3.8, 4) is 0 Å². The molecule has 0 aliphatic carbocycles. The molecular weight excluding hydrogens is 246 g/mol. The van der Waals surface area contributed by atoms with Gasteiger partial charge in [-0.2, -0.15) is 0 Å². The highest BCUT2D eigenvalue weighted by atomic mass is 16.6. The predicted octanol–water partition coefficient (Wildman–Crippen LogP) is 2.14. The molecule has 106 valence electrons. The topological polar surface area (TPSA) is 55.8 Å². The third kappa shape index (κ3) is 3.84. The molecule has 5 nitrogen and oxygen atoms in total. The number of hydrogen-bond donors (Lipinski definition) is 0. The van der Waals surface area contributed by atoms with E-state index in [-0.39, 0.29) is 30.6 Å². The highest BCUT2D eigenvalue weighted by Crippen LogP contribution is 2.25. The van der Waals surface area contributed by atoms with Gasteiger partial charge in [-0.25, -0.2) is 9.59 Å². The third-order valence-corrected chi connectivity index (χ3v) is 3.14. The molecule has 0 N–H and O–H groups in total. The van der Waals surface area contributed by atoms with Gasteiger partial charge in [-0.15, -0.1) is 0 Å². The van der Waals surface area contributed by atoms with E-state index in [9.17, 15) is 9.59 Å². The molecule has 0 aromatic rings. The lowest BCUT2D eigenvalue weighted by Gasteiger charge is -2.36. The van der Waals surface area contributed by atoms with Crippen LogP contribution in [0.2, 0.25) is 0 Å². The lowest BCUT2D eigenvalue weighted by molar-refractivity contribution is -0.136. The van der Waals surface area contributed by atoms with Crippen molar-refractivity contribution in [2.75, 3.05) is 20.3 Å². The maximum Gasteiger partial charge on any atom is 0.410 e. The summed E-state index contributed by atoms with van der Waals surface area (Å²) in [6.45, 7) is 8.09. The van der Waals surface area contributed by atoms with E-state index in [1.165, 1.54) is 13.2 Å². The molecule has 1 atom stereocenters. The lowest BCUT2D eigenvalue weighted by atomic mass is 9.92. The summed E-state index contributed by atoms with van der Waals surface area (Å²) in [5.74, 6) is -0.102. The fourth-order valence-electron chi connectivity index (χ4n) is 2.08. The Bertz CT molecular complexity index is 387. The number of rotatable bonds is 4. The van der Waals surface area contributed by atoms with Crippen LogP contribution in [0.5, 0.6) is 0 Å². The number of ether oxygens (including phenoxy) is 2. The summed E-state index contributed by atoms with van der Waals surface area (Å²) < 4.78 is 9.78. The minimum Gasteiger partial charge on any atom is -0.466 e. The molecule has 0 bridgehead atoms. The van der Waals surface area contributed by atoms with E-state index < -0.39 is 0 Å². The summed E-state index contributed by atoms with van der Waals surface area (Å²) in [5.41, 5.74) is 0.619. The highest BCUT2D eigenvalue weighted by Gasteiger charge is 2.32. The van der Waals surface area contributed by atoms with E-state index in [1.54, 1.807) is 11.0 Å². The van der Waals surface area contributed by atoms with Crippen molar-refractivity contribution in [2.24, 2.45) is 5.92 Å².